The van der Waals surface area contributed by atoms with Gasteiger partial charge in [-0.3, -0.25) is 14.5 Å². The van der Waals surface area contributed by atoms with Gasteiger partial charge in [0.05, 0.1) is 35.8 Å². The number of rotatable bonds is 6. The van der Waals surface area contributed by atoms with E-state index >= 15 is 0 Å². The van der Waals surface area contributed by atoms with Crippen LogP contribution in [0.2, 0.25) is 5.02 Å². The number of ether oxygens (including phenoxy) is 1. The molecular weight excluding hydrogens is 434 g/mol. The first-order valence-electron chi connectivity index (χ1n) is 8.35. The fourth-order valence-corrected chi connectivity index (χ4v) is 4.34. The zero-order valence-corrected chi connectivity index (χ0v) is 18.2. The van der Waals surface area contributed by atoms with Gasteiger partial charge in [-0.25, -0.2) is 8.42 Å². The van der Waals surface area contributed by atoms with Crippen LogP contribution in [0.3, 0.4) is 0 Å². The maximum absolute atomic E-state index is 12.7. The maximum atomic E-state index is 12.7. The molecule has 29 heavy (non-hydrogen) atoms. The normalized spacial score (nSPS) is 11.2. The molecule has 0 saturated heterocycles. The number of methoxy groups -OCH3 is 1. The summed E-state index contributed by atoms with van der Waals surface area (Å²) < 4.78 is 30.3. The van der Waals surface area contributed by atoms with Crippen molar-refractivity contribution in [2.45, 2.75) is 6.92 Å². The minimum absolute atomic E-state index is 0.265. The quantitative estimate of drug-likeness (QED) is 0.578. The van der Waals surface area contributed by atoms with Crippen molar-refractivity contribution in [1.82, 2.24) is 4.98 Å². The van der Waals surface area contributed by atoms with Crippen LogP contribution in [0.4, 0.5) is 11.4 Å². The third kappa shape index (κ3) is 5.47. The van der Waals surface area contributed by atoms with Crippen molar-refractivity contribution in [3.05, 3.63) is 57.4 Å². The number of carbonyl (C=O) groups excluding carboxylic acids is 1. The van der Waals surface area contributed by atoms with E-state index in [0.29, 0.717) is 21.3 Å². The second-order valence-electron chi connectivity index (χ2n) is 6.22. The van der Waals surface area contributed by atoms with Gasteiger partial charge >= 0.3 is 0 Å². The summed E-state index contributed by atoms with van der Waals surface area (Å²) in [7, 11) is -1.89. The van der Waals surface area contributed by atoms with Gasteiger partial charge in [-0.15, -0.1) is 11.3 Å². The lowest BCUT2D eigenvalue weighted by Gasteiger charge is -2.09. The lowest BCUT2D eigenvalue weighted by molar-refractivity contribution is 0.103. The second kappa shape index (κ2) is 8.40. The van der Waals surface area contributed by atoms with Gasteiger partial charge in [0.1, 0.15) is 5.75 Å². The molecular formula is C19H18ClN3O4S2. The molecule has 1 aromatic carbocycles. The average molecular weight is 452 g/mol. The van der Waals surface area contributed by atoms with Crippen molar-refractivity contribution in [3.8, 4) is 17.0 Å². The number of halogens is 1. The smallest absolute Gasteiger partial charge is 0.265 e. The number of nitrogens with one attached hydrogen (secondary N) is 2. The van der Waals surface area contributed by atoms with Gasteiger partial charge in [-0.05, 0) is 43.3 Å². The summed E-state index contributed by atoms with van der Waals surface area (Å²) >= 11 is 7.38. The van der Waals surface area contributed by atoms with Crippen LogP contribution in [0, 0.1) is 6.92 Å². The molecule has 0 saturated carbocycles. The number of sulfonamides is 1. The standard InChI is InChI=1S/C19H18ClN3O4S2/c1-11-16(17-5-4-15(27-2)10-21-17)9-18(28-11)19(24)22-13-6-12(20)7-14(8-13)23-29(3,25)26/h4-10,23H,1-3H3,(H,22,24). The Morgan fingerprint density at radius 1 is 1.17 bits per heavy atom. The number of benzene rings is 1. The average Bonchev–Trinajstić information content (AvgIpc) is 3.01. The predicted molar refractivity (Wildman–Crippen MR) is 117 cm³/mol. The van der Waals surface area contributed by atoms with E-state index in [9.17, 15) is 13.2 Å². The number of aryl methyl sites for hydroxylation is 1. The number of hydrogen-bond acceptors (Lipinski definition) is 6. The van der Waals surface area contributed by atoms with Crippen molar-refractivity contribution < 1.29 is 17.9 Å². The Morgan fingerprint density at radius 3 is 2.52 bits per heavy atom. The van der Waals surface area contributed by atoms with E-state index in [1.807, 2.05) is 19.1 Å². The highest BCUT2D eigenvalue weighted by atomic mass is 35.5. The summed E-state index contributed by atoms with van der Waals surface area (Å²) in [6.07, 6.45) is 2.66. The molecule has 2 aromatic heterocycles. The van der Waals surface area contributed by atoms with Crippen LogP contribution >= 0.6 is 22.9 Å². The molecule has 7 nitrogen and oxygen atoms in total. The Morgan fingerprint density at radius 2 is 1.90 bits per heavy atom. The van der Waals surface area contributed by atoms with Crippen LogP contribution in [-0.2, 0) is 10.0 Å². The van der Waals surface area contributed by atoms with Crippen molar-refractivity contribution in [1.29, 1.82) is 0 Å². The van der Waals surface area contributed by atoms with Gasteiger partial charge in [-0.1, -0.05) is 11.6 Å². The number of carbonyl (C=O) groups is 1. The molecule has 0 bridgehead atoms. The molecule has 0 radical (unpaired) electrons. The minimum Gasteiger partial charge on any atom is -0.495 e. The highest BCUT2D eigenvalue weighted by Crippen LogP contribution is 2.31. The fourth-order valence-electron chi connectivity index (χ4n) is 2.64. The van der Waals surface area contributed by atoms with Gasteiger partial charge in [0, 0.05) is 21.2 Å². The van der Waals surface area contributed by atoms with Gasteiger partial charge in [0.25, 0.3) is 5.91 Å². The fraction of sp³-hybridized carbons (Fsp3) is 0.158. The first-order valence-corrected chi connectivity index (χ1v) is 11.4. The summed E-state index contributed by atoms with van der Waals surface area (Å²) in [5.41, 5.74) is 2.24. The highest BCUT2D eigenvalue weighted by Gasteiger charge is 2.15. The first-order chi connectivity index (χ1) is 13.6. The number of nitrogens with zero attached hydrogens (tertiary/aromatic N) is 1. The predicted octanol–water partition coefficient (Wildman–Crippen LogP) is 4.40. The van der Waals surface area contributed by atoms with Gasteiger partial charge in [0.15, 0.2) is 0 Å². The third-order valence-corrected chi connectivity index (χ3v) is 5.72. The number of thiophene rings is 1. The van der Waals surface area contributed by atoms with E-state index in [0.717, 1.165) is 22.4 Å². The largest absolute Gasteiger partial charge is 0.495 e. The number of aromatic nitrogens is 1. The Balaban J connectivity index is 1.83. The Kier molecular flexibility index (Phi) is 6.11. The Hall–Kier alpha value is -2.62. The van der Waals surface area contributed by atoms with Crippen LogP contribution in [0.15, 0.2) is 42.6 Å². The van der Waals surface area contributed by atoms with E-state index in [4.69, 9.17) is 16.3 Å². The summed E-state index contributed by atoms with van der Waals surface area (Å²) in [5.74, 6) is 0.324. The van der Waals surface area contributed by atoms with E-state index < -0.39 is 10.0 Å². The van der Waals surface area contributed by atoms with Crippen molar-refractivity contribution in [2.75, 3.05) is 23.4 Å². The summed E-state index contributed by atoms with van der Waals surface area (Å²) in [4.78, 5) is 18.5. The molecule has 2 N–H and O–H groups in total. The third-order valence-electron chi connectivity index (χ3n) is 3.85. The van der Waals surface area contributed by atoms with E-state index in [1.54, 1.807) is 25.4 Å². The van der Waals surface area contributed by atoms with E-state index in [1.165, 1.54) is 23.5 Å². The molecule has 3 rings (SSSR count). The van der Waals surface area contributed by atoms with Crippen LogP contribution in [0.1, 0.15) is 14.5 Å². The monoisotopic (exact) mass is 451 g/mol. The van der Waals surface area contributed by atoms with Crippen molar-refractivity contribution >= 4 is 50.2 Å². The molecule has 0 unspecified atom stereocenters. The molecule has 3 aromatic rings. The summed E-state index contributed by atoms with van der Waals surface area (Å²) in [6, 6.07) is 9.90. The molecule has 10 heteroatoms. The molecule has 0 fully saturated rings. The SMILES string of the molecule is COc1ccc(-c2cc(C(=O)Nc3cc(Cl)cc(NS(C)(=O)=O)c3)sc2C)nc1. The zero-order chi connectivity index (χ0) is 21.2. The van der Waals surface area contributed by atoms with Gasteiger partial charge in [0.2, 0.25) is 10.0 Å². The van der Waals surface area contributed by atoms with Crippen LogP contribution in [0.25, 0.3) is 11.3 Å². The van der Waals surface area contributed by atoms with E-state index in [2.05, 4.69) is 15.0 Å². The molecule has 0 aliphatic heterocycles. The number of amides is 1. The van der Waals surface area contributed by atoms with Gasteiger partial charge in [-0.2, -0.15) is 0 Å². The molecule has 1 amide bonds. The number of pyridine rings is 1. The van der Waals surface area contributed by atoms with Crippen molar-refractivity contribution in [2.24, 2.45) is 0 Å². The highest BCUT2D eigenvalue weighted by molar-refractivity contribution is 7.92. The van der Waals surface area contributed by atoms with Crippen LogP contribution in [-0.4, -0.2) is 32.7 Å². The molecule has 0 aliphatic carbocycles. The topological polar surface area (TPSA) is 97.4 Å². The molecule has 152 valence electrons. The zero-order valence-electron chi connectivity index (χ0n) is 15.8. The summed E-state index contributed by atoms with van der Waals surface area (Å²) in [6.45, 7) is 1.91. The first kappa shape index (κ1) is 21.1. The molecule has 2 heterocycles. The number of anilines is 2. The lowest BCUT2D eigenvalue weighted by Crippen LogP contribution is -2.12. The lowest BCUT2D eigenvalue weighted by atomic mass is 10.1. The maximum Gasteiger partial charge on any atom is 0.265 e. The van der Waals surface area contributed by atoms with E-state index in [-0.39, 0.29) is 11.6 Å². The summed E-state index contributed by atoms with van der Waals surface area (Å²) in [5, 5.41) is 3.04. The van der Waals surface area contributed by atoms with Crippen LogP contribution < -0.4 is 14.8 Å². The minimum atomic E-state index is -3.46. The van der Waals surface area contributed by atoms with Crippen LogP contribution in [0.5, 0.6) is 5.75 Å². The second-order valence-corrected chi connectivity index (χ2v) is 9.66. The van der Waals surface area contributed by atoms with Gasteiger partial charge < -0.3 is 10.1 Å². The number of hydrogen-bond donors (Lipinski definition) is 2. The van der Waals surface area contributed by atoms with Crippen molar-refractivity contribution in [3.63, 3.8) is 0 Å². The Bertz CT molecular complexity index is 1160. The molecule has 0 aliphatic rings. The molecule has 0 atom stereocenters. The molecule has 0 spiro atoms. The Labute approximate surface area is 177 Å².